The van der Waals surface area contributed by atoms with Gasteiger partial charge in [0.05, 0.1) is 10.1 Å². The number of hydrogen-bond acceptors (Lipinski definition) is 7. The van der Waals surface area contributed by atoms with Crippen molar-refractivity contribution in [2.75, 3.05) is 30.8 Å². The maximum Gasteiger partial charge on any atom is 0.421 e. The largest absolute Gasteiger partial charge is 0.421 e. The van der Waals surface area contributed by atoms with Crippen molar-refractivity contribution in [3.63, 3.8) is 0 Å². The van der Waals surface area contributed by atoms with Gasteiger partial charge in [-0.1, -0.05) is 30.3 Å². The second-order valence-corrected chi connectivity index (χ2v) is 10.6. The summed E-state index contributed by atoms with van der Waals surface area (Å²) < 4.78 is 65.7. The third-order valence-electron chi connectivity index (χ3n) is 6.29. The summed E-state index contributed by atoms with van der Waals surface area (Å²) in [5, 5.41) is 4.83. The van der Waals surface area contributed by atoms with Gasteiger partial charge < -0.3 is 10.6 Å². The molecule has 2 N–H and O–H groups in total. The number of rotatable bonds is 5. The van der Waals surface area contributed by atoms with Gasteiger partial charge in [-0.3, -0.25) is 4.90 Å². The van der Waals surface area contributed by atoms with E-state index in [0.717, 1.165) is 5.56 Å². The molecule has 2 aromatic carbocycles. The Labute approximate surface area is 195 Å². The Morgan fingerprint density at radius 1 is 1.12 bits per heavy atom. The Morgan fingerprint density at radius 3 is 2.59 bits per heavy atom. The highest BCUT2D eigenvalue weighted by molar-refractivity contribution is 7.92. The monoisotopic (exact) mass is 489 g/mol. The lowest BCUT2D eigenvalue weighted by Gasteiger charge is -2.17. The van der Waals surface area contributed by atoms with E-state index in [2.05, 4.69) is 25.5 Å². The van der Waals surface area contributed by atoms with Crippen molar-refractivity contribution in [1.82, 2.24) is 14.9 Å². The Hall–Kier alpha value is -3.18. The van der Waals surface area contributed by atoms with E-state index in [9.17, 15) is 21.6 Å². The normalized spacial score (nSPS) is 21.2. The van der Waals surface area contributed by atoms with E-state index in [4.69, 9.17) is 0 Å². The predicted octanol–water partition coefficient (Wildman–Crippen LogP) is 4.04. The molecule has 2 unspecified atom stereocenters. The molecule has 178 valence electrons. The van der Waals surface area contributed by atoms with Crippen LogP contribution in [-0.4, -0.2) is 48.7 Å². The molecule has 0 spiro atoms. The van der Waals surface area contributed by atoms with Crippen molar-refractivity contribution in [2.24, 2.45) is 0 Å². The predicted molar refractivity (Wildman–Crippen MR) is 122 cm³/mol. The fourth-order valence-corrected chi connectivity index (χ4v) is 6.94. The molecule has 1 fully saturated rings. The fourth-order valence-electron chi connectivity index (χ4n) is 4.74. The first-order valence-electron chi connectivity index (χ1n) is 10.7. The lowest BCUT2D eigenvalue weighted by atomic mass is 9.98. The molecule has 11 heteroatoms. The van der Waals surface area contributed by atoms with Crippen LogP contribution in [0.1, 0.15) is 22.6 Å². The van der Waals surface area contributed by atoms with Gasteiger partial charge in [-0.25, -0.2) is 13.4 Å². The molecule has 1 saturated heterocycles. The van der Waals surface area contributed by atoms with Crippen molar-refractivity contribution >= 4 is 27.3 Å². The number of sulfone groups is 1. The number of aromatic nitrogens is 2. The molecule has 2 atom stereocenters. The van der Waals surface area contributed by atoms with Gasteiger partial charge in [0, 0.05) is 44.5 Å². The average Bonchev–Trinajstić information content (AvgIpc) is 3.30. The zero-order valence-electron chi connectivity index (χ0n) is 18.2. The summed E-state index contributed by atoms with van der Waals surface area (Å²) in [4.78, 5) is 10.2. The maximum absolute atomic E-state index is 13.2. The molecule has 0 aliphatic carbocycles. The summed E-state index contributed by atoms with van der Waals surface area (Å²) in [6, 6.07) is 14.8. The highest BCUT2D eigenvalue weighted by Gasteiger charge is 2.50. The molecule has 0 radical (unpaired) electrons. The molecule has 34 heavy (non-hydrogen) atoms. The van der Waals surface area contributed by atoms with Crippen LogP contribution < -0.4 is 10.6 Å². The summed E-state index contributed by atoms with van der Waals surface area (Å²) in [5.74, 6) is -0.542. The van der Waals surface area contributed by atoms with E-state index in [1.165, 1.54) is 7.05 Å². The van der Waals surface area contributed by atoms with E-state index < -0.39 is 26.8 Å². The van der Waals surface area contributed by atoms with Crippen molar-refractivity contribution in [3.8, 4) is 0 Å². The van der Waals surface area contributed by atoms with Gasteiger partial charge in [0.15, 0.2) is 9.84 Å². The van der Waals surface area contributed by atoms with Crippen molar-refractivity contribution in [3.05, 3.63) is 71.4 Å². The molecule has 1 aromatic heterocycles. The van der Waals surface area contributed by atoms with Crippen LogP contribution in [0.4, 0.5) is 30.6 Å². The number of hydrogen-bond donors (Lipinski definition) is 2. The van der Waals surface area contributed by atoms with E-state index in [-0.39, 0.29) is 17.7 Å². The highest BCUT2D eigenvalue weighted by atomic mass is 32.2. The Balaban J connectivity index is 1.40. The first-order valence-corrected chi connectivity index (χ1v) is 12.2. The Morgan fingerprint density at radius 2 is 1.88 bits per heavy atom. The van der Waals surface area contributed by atoms with Gasteiger partial charge in [-0.05, 0) is 29.3 Å². The summed E-state index contributed by atoms with van der Waals surface area (Å²) in [5.41, 5.74) is 1.38. The van der Waals surface area contributed by atoms with E-state index in [0.29, 0.717) is 42.0 Å². The summed E-state index contributed by atoms with van der Waals surface area (Å²) in [6.07, 6.45) is -3.87. The lowest BCUT2D eigenvalue weighted by molar-refractivity contribution is -0.137. The molecule has 5 rings (SSSR count). The van der Waals surface area contributed by atoms with Crippen molar-refractivity contribution in [1.29, 1.82) is 0 Å². The molecular formula is C23H22F3N5O2S. The van der Waals surface area contributed by atoms with Gasteiger partial charge in [-0.2, -0.15) is 18.2 Å². The van der Waals surface area contributed by atoms with E-state index in [1.807, 2.05) is 30.3 Å². The molecule has 7 nitrogen and oxygen atoms in total. The summed E-state index contributed by atoms with van der Waals surface area (Å²) >= 11 is 0. The summed E-state index contributed by atoms with van der Waals surface area (Å²) in [6.45, 7) is 1.73. The van der Waals surface area contributed by atoms with Crippen LogP contribution in [0.3, 0.4) is 0 Å². The van der Waals surface area contributed by atoms with Crippen LogP contribution in [0.15, 0.2) is 59.6 Å². The first kappa shape index (κ1) is 22.6. The third kappa shape index (κ3) is 3.98. The number of fused-ring (bicyclic) bond motifs is 3. The number of likely N-dealkylation sites (tertiary alicyclic amines) is 1. The number of halogens is 3. The fraction of sp³-hybridized carbons (Fsp3) is 0.304. The van der Waals surface area contributed by atoms with Gasteiger partial charge in [0.2, 0.25) is 5.95 Å². The van der Waals surface area contributed by atoms with Crippen LogP contribution in [-0.2, 0) is 22.6 Å². The van der Waals surface area contributed by atoms with Crippen LogP contribution in [0, 0.1) is 0 Å². The highest BCUT2D eigenvalue weighted by Crippen LogP contribution is 2.46. The third-order valence-corrected chi connectivity index (χ3v) is 8.55. The number of alkyl halides is 3. The molecule has 3 heterocycles. The van der Waals surface area contributed by atoms with Crippen LogP contribution in [0.2, 0.25) is 0 Å². The zero-order chi connectivity index (χ0) is 24.1. The van der Waals surface area contributed by atoms with Gasteiger partial charge in [-0.15, -0.1) is 0 Å². The van der Waals surface area contributed by atoms with Gasteiger partial charge >= 0.3 is 6.18 Å². The van der Waals surface area contributed by atoms with Gasteiger partial charge in [0.1, 0.15) is 11.4 Å². The Bertz CT molecular complexity index is 1330. The molecule has 0 bridgehead atoms. The van der Waals surface area contributed by atoms with Crippen LogP contribution in [0.25, 0.3) is 0 Å². The van der Waals surface area contributed by atoms with E-state index in [1.54, 1.807) is 18.2 Å². The molecule has 0 saturated carbocycles. The molecule has 0 amide bonds. The first-order chi connectivity index (χ1) is 16.2. The number of anilines is 3. The zero-order valence-corrected chi connectivity index (χ0v) is 19.0. The molecule has 3 aromatic rings. The minimum absolute atomic E-state index is 0.0215. The van der Waals surface area contributed by atoms with Gasteiger partial charge in [0.25, 0.3) is 0 Å². The standard InChI is InChI=1S/C23H22F3N5O2S/c1-27-21-18(23(24,25)26)10-28-22(30-21)29-15-7-8-19-16(9-15)17-12-31(13-20(17)34(19,32)33)11-14-5-3-2-4-6-14/h2-10,17,20H,11-13H2,1H3,(H2,27,28,29,30). The number of nitrogens with zero attached hydrogens (tertiary/aromatic N) is 3. The topological polar surface area (TPSA) is 87.2 Å². The second-order valence-electron chi connectivity index (χ2n) is 8.45. The SMILES string of the molecule is CNc1nc(Nc2ccc3c(c2)C2CN(Cc4ccccc4)CC2S3(=O)=O)ncc1C(F)(F)F. The smallest absolute Gasteiger partial charge is 0.372 e. The second kappa shape index (κ2) is 8.24. The quantitative estimate of drug-likeness (QED) is 0.560. The van der Waals surface area contributed by atoms with Crippen molar-refractivity contribution < 1.29 is 21.6 Å². The lowest BCUT2D eigenvalue weighted by Crippen LogP contribution is -2.25. The van der Waals surface area contributed by atoms with E-state index >= 15 is 0 Å². The number of benzene rings is 2. The van der Waals surface area contributed by atoms with Crippen LogP contribution in [0.5, 0.6) is 0 Å². The molecule has 2 aliphatic heterocycles. The maximum atomic E-state index is 13.2. The molecular weight excluding hydrogens is 467 g/mol. The van der Waals surface area contributed by atoms with Crippen LogP contribution >= 0.6 is 0 Å². The minimum Gasteiger partial charge on any atom is -0.372 e. The Kier molecular flexibility index (Phi) is 5.48. The minimum atomic E-state index is -4.58. The average molecular weight is 490 g/mol. The van der Waals surface area contributed by atoms with Crippen molar-refractivity contribution in [2.45, 2.75) is 28.8 Å². The molecule has 2 aliphatic rings. The number of nitrogens with one attached hydrogen (secondary N) is 2. The summed E-state index contributed by atoms with van der Waals surface area (Å²) in [7, 11) is -2.12.